The van der Waals surface area contributed by atoms with Crippen LogP contribution in [0.25, 0.3) is 0 Å². The van der Waals surface area contributed by atoms with Crippen molar-refractivity contribution in [3.05, 3.63) is 52.2 Å². The molecule has 1 unspecified atom stereocenters. The van der Waals surface area contributed by atoms with Crippen LogP contribution in [0, 0.1) is 0 Å². The summed E-state index contributed by atoms with van der Waals surface area (Å²) in [6, 6.07) is 11.0. The van der Waals surface area contributed by atoms with E-state index in [-0.39, 0.29) is 5.91 Å². The Morgan fingerprint density at radius 2 is 1.94 bits per heavy atom. The third-order valence-corrected chi connectivity index (χ3v) is 5.44. The summed E-state index contributed by atoms with van der Waals surface area (Å²) in [6.45, 7) is 8.39. The van der Waals surface area contributed by atoms with E-state index in [2.05, 4.69) is 12.2 Å². The van der Waals surface area contributed by atoms with Gasteiger partial charge in [-0.25, -0.2) is 4.79 Å². The SMILES string of the molecule is CCCCC(NC(=O)OC(C)(C)C)C(=O)N(Cc1cccc(OC)c1)Cc1cccs1. The average molecular weight is 447 g/mol. The largest absolute Gasteiger partial charge is 0.497 e. The first-order valence-electron chi connectivity index (χ1n) is 10.7. The first-order valence-corrected chi connectivity index (χ1v) is 11.5. The minimum atomic E-state index is -0.639. The third kappa shape index (κ3) is 8.61. The fourth-order valence-electron chi connectivity index (χ4n) is 3.13. The maximum absolute atomic E-state index is 13.6. The zero-order valence-electron chi connectivity index (χ0n) is 19.1. The summed E-state index contributed by atoms with van der Waals surface area (Å²) >= 11 is 1.61. The lowest BCUT2D eigenvalue weighted by atomic mass is 10.1. The standard InChI is InChI=1S/C24H34N2O4S/c1-6-7-13-21(25-23(28)30-24(2,3)4)22(27)26(17-20-12-9-14-31-20)16-18-10-8-11-19(15-18)29-5/h8-12,14-15,21H,6-7,13,16-17H2,1-5H3,(H,25,28). The summed E-state index contributed by atoms with van der Waals surface area (Å²) in [4.78, 5) is 28.8. The maximum atomic E-state index is 13.6. The molecular weight excluding hydrogens is 412 g/mol. The van der Waals surface area contributed by atoms with E-state index in [1.807, 2.05) is 41.8 Å². The van der Waals surface area contributed by atoms with Gasteiger partial charge < -0.3 is 19.7 Å². The van der Waals surface area contributed by atoms with Crippen LogP contribution in [0.3, 0.4) is 0 Å². The van der Waals surface area contributed by atoms with Crippen LogP contribution < -0.4 is 10.1 Å². The van der Waals surface area contributed by atoms with E-state index in [1.54, 1.807) is 44.1 Å². The molecule has 0 saturated carbocycles. The highest BCUT2D eigenvalue weighted by Gasteiger charge is 2.28. The third-order valence-electron chi connectivity index (χ3n) is 4.58. The summed E-state index contributed by atoms with van der Waals surface area (Å²) in [5, 5.41) is 4.80. The van der Waals surface area contributed by atoms with Gasteiger partial charge in [-0.05, 0) is 56.3 Å². The number of nitrogens with one attached hydrogen (secondary N) is 1. The van der Waals surface area contributed by atoms with Gasteiger partial charge in [0.25, 0.3) is 0 Å². The first-order chi connectivity index (χ1) is 14.7. The lowest BCUT2D eigenvalue weighted by Gasteiger charge is -2.29. The molecule has 2 aromatic rings. The second-order valence-electron chi connectivity index (χ2n) is 8.47. The summed E-state index contributed by atoms with van der Waals surface area (Å²) in [7, 11) is 1.62. The van der Waals surface area contributed by atoms with Gasteiger partial charge in [0.2, 0.25) is 5.91 Å². The second-order valence-corrected chi connectivity index (χ2v) is 9.50. The van der Waals surface area contributed by atoms with Crippen molar-refractivity contribution in [3.63, 3.8) is 0 Å². The van der Waals surface area contributed by atoms with E-state index >= 15 is 0 Å². The normalized spacial score (nSPS) is 12.2. The summed E-state index contributed by atoms with van der Waals surface area (Å²) in [5.41, 5.74) is 0.343. The molecule has 1 aromatic heterocycles. The minimum Gasteiger partial charge on any atom is -0.497 e. The molecule has 6 nitrogen and oxygen atoms in total. The van der Waals surface area contributed by atoms with Crippen LogP contribution in [-0.2, 0) is 22.6 Å². The van der Waals surface area contributed by atoms with Crippen LogP contribution in [0.15, 0.2) is 41.8 Å². The molecule has 1 atom stereocenters. The van der Waals surface area contributed by atoms with Crippen LogP contribution in [0.2, 0.25) is 0 Å². The summed E-state index contributed by atoms with van der Waals surface area (Å²) in [6.07, 6.45) is 1.76. The first kappa shape index (κ1) is 24.7. The number of benzene rings is 1. The fourth-order valence-corrected chi connectivity index (χ4v) is 3.85. The molecule has 170 valence electrons. The summed E-state index contributed by atoms with van der Waals surface area (Å²) < 4.78 is 10.7. The predicted octanol–water partition coefficient (Wildman–Crippen LogP) is 5.37. The number of rotatable bonds is 10. The van der Waals surface area contributed by atoms with Crippen molar-refractivity contribution in [1.82, 2.24) is 10.2 Å². The molecule has 0 radical (unpaired) electrons. The Kier molecular flexibility index (Phi) is 9.37. The number of carbonyl (C=O) groups excluding carboxylic acids is 2. The summed E-state index contributed by atoms with van der Waals surface area (Å²) in [5.74, 6) is 0.631. The smallest absolute Gasteiger partial charge is 0.408 e. The van der Waals surface area contributed by atoms with Gasteiger partial charge in [0, 0.05) is 11.4 Å². The second kappa shape index (κ2) is 11.7. The predicted molar refractivity (Wildman–Crippen MR) is 124 cm³/mol. The van der Waals surface area contributed by atoms with Crippen LogP contribution in [0.4, 0.5) is 4.79 Å². The van der Waals surface area contributed by atoms with Gasteiger partial charge >= 0.3 is 6.09 Å². The lowest BCUT2D eigenvalue weighted by molar-refractivity contribution is -0.135. The molecule has 0 aliphatic carbocycles. The van der Waals surface area contributed by atoms with Gasteiger partial charge in [-0.15, -0.1) is 11.3 Å². The number of hydrogen-bond acceptors (Lipinski definition) is 5. The molecule has 1 aromatic carbocycles. The molecule has 2 amide bonds. The minimum absolute atomic E-state index is 0.115. The highest BCUT2D eigenvalue weighted by Crippen LogP contribution is 2.20. The van der Waals surface area contributed by atoms with Crippen molar-refractivity contribution in [1.29, 1.82) is 0 Å². The van der Waals surface area contributed by atoms with E-state index in [4.69, 9.17) is 9.47 Å². The molecular formula is C24H34N2O4S. The molecule has 1 N–H and O–H groups in total. The van der Waals surface area contributed by atoms with E-state index in [9.17, 15) is 9.59 Å². The Balaban J connectivity index is 2.23. The van der Waals surface area contributed by atoms with E-state index in [0.29, 0.717) is 19.5 Å². The van der Waals surface area contributed by atoms with E-state index in [0.717, 1.165) is 29.0 Å². The van der Waals surface area contributed by atoms with Crippen molar-refractivity contribution >= 4 is 23.3 Å². The molecule has 0 aliphatic heterocycles. The number of carbonyl (C=O) groups is 2. The van der Waals surface area contributed by atoms with Crippen molar-refractivity contribution in [3.8, 4) is 5.75 Å². The van der Waals surface area contributed by atoms with Crippen molar-refractivity contribution < 1.29 is 19.1 Å². The average Bonchev–Trinajstić information content (AvgIpc) is 3.22. The molecule has 0 spiro atoms. The Hall–Kier alpha value is -2.54. The van der Waals surface area contributed by atoms with Crippen LogP contribution in [0.5, 0.6) is 5.75 Å². The zero-order chi connectivity index (χ0) is 22.9. The number of nitrogens with zero attached hydrogens (tertiary/aromatic N) is 1. The lowest BCUT2D eigenvalue weighted by Crippen LogP contribution is -2.49. The molecule has 0 aliphatic rings. The van der Waals surface area contributed by atoms with Gasteiger partial charge in [0.1, 0.15) is 17.4 Å². The number of alkyl carbamates (subject to hydrolysis) is 1. The molecule has 1 heterocycles. The fraction of sp³-hybridized carbons (Fsp3) is 0.500. The van der Waals surface area contributed by atoms with Crippen molar-refractivity contribution in [2.45, 2.75) is 71.7 Å². The van der Waals surface area contributed by atoms with E-state index in [1.165, 1.54) is 0 Å². The Labute approximate surface area is 189 Å². The van der Waals surface area contributed by atoms with Gasteiger partial charge in [0.15, 0.2) is 0 Å². The Bertz CT molecular complexity index is 830. The molecule has 2 rings (SSSR count). The zero-order valence-corrected chi connectivity index (χ0v) is 20.0. The highest BCUT2D eigenvalue weighted by molar-refractivity contribution is 7.09. The highest BCUT2D eigenvalue weighted by atomic mass is 32.1. The van der Waals surface area contributed by atoms with Gasteiger partial charge in [-0.1, -0.05) is 38.0 Å². The van der Waals surface area contributed by atoms with E-state index < -0.39 is 17.7 Å². The van der Waals surface area contributed by atoms with Crippen LogP contribution >= 0.6 is 11.3 Å². The topological polar surface area (TPSA) is 67.9 Å². The molecule has 31 heavy (non-hydrogen) atoms. The van der Waals surface area contributed by atoms with Crippen LogP contribution in [0.1, 0.15) is 57.4 Å². The maximum Gasteiger partial charge on any atom is 0.408 e. The molecule has 7 heteroatoms. The number of amides is 2. The monoisotopic (exact) mass is 446 g/mol. The number of unbranched alkanes of at least 4 members (excludes halogenated alkanes) is 1. The molecule has 0 saturated heterocycles. The Morgan fingerprint density at radius 1 is 1.16 bits per heavy atom. The Morgan fingerprint density at radius 3 is 2.55 bits per heavy atom. The molecule has 0 bridgehead atoms. The quantitative estimate of drug-likeness (QED) is 0.533. The van der Waals surface area contributed by atoms with Gasteiger partial charge in [0.05, 0.1) is 13.7 Å². The van der Waals surface area contributed by atoms with Crippen molar-refractivity contribution in [2.24, 2.45) is 0 Å². The number of hydrogen-bond donors (Lipinski definition) is 1. The van der Waals surface area contributed by atoms with Gasteiger partial charge in [-0.2, -0.15) is 0 Å². The van der Waals surface area contributed by atoms with Crippen LogP contribution in [-0.4, -0.2) is 35.7 Å². The number of methoxy groups -OCH3 is 1. The number of thiophene rings is 1. The molecule has 0 fully saturated rings. The number of ether oxygens (including phenoxy) is 2. The van der Waals surface area contributed by atoms with Crippen molar-refractivity contribution in [2.75, 3.05) is 7.11 Å². The van der Waals surface area contributed by atoms with Gasteiger partial charge in [-0.3, -0.25) is 4.79 Å².